The topological polar surface area (TPSA) is 26.0 Å². The molecule has 8 aromatic rings. The van der Waals surface area contributed by atoms with Crippen LogP contribution >= 0.6 is 7.53 Å². The number of pyridine rings is 1. The molecule has 39 heavy (non-hydrogen) atoms. The number of fused-ring (bicyclic) bond motifs is 6. The summed E-state index contributed by atoms with van der Waals surface area (Å²) in [7, 11) is -0.470. The predicted molar refractivity (Wildman–Crippen MR) is 167 cm³/mol. The average Bonchev–Trinajstić information content (AvgIpc) is 3.53. The third-order valence-corrected chi connectivity index (χ3v) is 10.1. The quantitative estimate of drug-likeness (QED) is 0.233. The standard InChI is InChI=1S/C36H24NOP/c1-39-34-20-8-6-14-26(34)28-16-10-18-30(36(28)39)32-22-24(23-11-3-2-4-12-23)21-31(37-32)29-17-9-15-27-25-13-5-7-19-33(25)38-35(27)29/h2-22H,1H3. The minimum absolute atomic E-state index is 0.470. The zero-order valence-electron chi connectivity index (χ0n) is 21.4. The van der Waals surface area contributed by atoms with Gasteiger partial charge in [-0.15, -0.1) is 7.53 Å². The van der Waals surface area contributed by atoms with Crippen molar-refractivity contribution in [3.05, 3.63) is 127 Å². The van der Waals surface area contributed by atoms with Crippen LogP contribution < -0.4 is 0 Å². The normalized spacial score (nSPS) is 12.2. The molecule has 1 atom stereocenters. The molecule has 0 bridgehead atoms. The van der Waals surface area contributed by atoms with E-state index in [-0.39, 0.29) is 0 Å². The third kappa shape index (κ3) is 3.46. The van der Waals surface area contributed by atoms with Crippen molar-refractivity contribution >= 4 is 50.5 Å². The summed E-state index contributed by atoms with van der Waals surface area (Å²) >= 11 is 0. The van der Waals surface area contributed by atoms with Gasteiger partial charge in [-0.2, -0.15) is 0 Å². The monoisotopic (exact) mass is 517 g/mol. The van der Waals surface area contributed by atoms with E-state index in [1.165, 1.54) is 32.1 Å². The second-order valence-corrected chi connectivity index (χ2v) is 12.1. The Morgan fingerprint density at radius 3 is 2.03 bits per heavy atom. The first kappa shape index (κ1) is 22.3. The van der Waals surface area contributed by atoms with E-state index in [4.69, 9.17) is 9.40 Å². The third-order valence-electron chi connectivity index (χ3n) is 7.82. The van der Waals surface area contributed by atoms with Crippen molar-refractivity contribution in [2.24, 2.45) is 6.66 Å². The van der Waals surface area contributed by atoms with Crippen LogP contribution in [-0.2, 0) is 6.66 Å². The molecule has 3 aromatic heterocycles. The number of para-hydroxylation sites is 2. The molecular weight excluding hydrogens is 493 g/mol. The molecule has 0 aliphatic rings. The maximum absolute atomic E-state index is 6.43. The first-order valence-corrected chi connectivity index (χ1v) is 15.0. The van der Waals surface area contributed by atoms with Crippen LogP contribution in [0.25, 0.3) is 76.6 Å². The average molecular weight is 518 g/mol. The number of rotatable bonds is 3. The summed E-state index contributed by atoms with van der Waals surface area (Å²) in [6.07, 6.45) is 0. The Bertz CT molecular complexity index is 2190. The fourth-order valence-corrected chi connectivity index (χ4v) is 8.21. The van der Waals surface area contributed by atoms with Crippen molar-refractivity contribution in [2.75, 3.05) is 0 Å². The van der Waals surface area contributed by atoms with Crippen molar-refractivity contribution in [1.29, 1.82) is 0 Å². The Hall–Kier alpha value is -4.65. The second kappa shape index (κ2) is 8.70. The summed E-state index contributed by atoms with van der Waals surface area (Å²) in [6, 6.07) is 45.2. The molecule has 0 saturated carbocycles. The van der Waals surface area contributed by atoms with Crippen molar-refractivity contribution in [3.63, 3.8) is 0 Å². The maximum atomic E-state index is 6.43. The SMILES string of the molecule is Cp1c2ccccc2c2cccc(-c3cc(-c4ccccc4)cc(-c4cccc5c4oc4ccccc45)n3)c21. The van der Waals surface area contributed by atoms with Gasteiger partial charge in [0.2, 0.25) is 0 Å². The summed E-state index contributed by atoms with van der Waals surface area (Å²) in [4.78, 5) is 5.34. The van der Waals surface area contributed by atoms with Crippen LogP contribution in [0.3, 0.4) is 0 Å². The Morgan fingerprint density at radius 1 is 0.538 bits per heavy atom. The van der Waals surface area contributed by atoms with Crippen LogP contribution in [-0.4, -0.2) is 4.98 Å². The van der Waals surface area contributed by atoms with Gasteiger partial charge in [0.25, 0.3) is 0 Å². The molecule has 1 unspecified atom stereocenters. The molecular formula is C36H24NOP. The first-order valence-electron chi connectivity index (χ1n) is 13.2. The minimum Gasteiger partial charge on any atom is -0.455 e. The zero-order chi connectivity index (χ0) is 25.9. The summed E-state index contributed by atoms with van der Waals surface area (Å²) < 4.78 is 6.43. The molecule has 0 saturated heterocycles. The van der Waals surface area contributed by atoms with Crippen LogP contribution in [0.1, 0.15) is 0 Å². The van der Waals surface area contributed by atoms with E-state index >= 15 is 0 Å². The Labute approximate surface area is 227 Å². The molecule has 3 heterocycles. The van der Waals surface area contributed by atoms with Crippen molar-refractivity contribution < 1.29 is 4.42 Å². The fraction of sp³-hybridized carbons (Fsp3) is 0.0278. The van der Waals surface area contributed by atoms with E-state index in [1.54, 1.807) is 0 Å². The van der Waals surface area contributed by atoms with Gasteiger partial charge in [-0.05, 0) is 52.8 Å². The van der Waals surface area contributed by atoms with Gasteiger partial charge < -0.3 is 4.42 Å². The zero-order valence-corrected chi connectivity index (χ0v) is 22.3. The Morgan fingerprint density at radius 2 is 1.18 bits per heavy atom. The highest BCUT2D eigenvalue weighted by molar-refractivity contribution is 7.60. The van der Waals surface area contributed by atoms with Gasteiger partial charge in [-0.1, -0.05) is 103 Å². The largest absolute Gasteiger partial charge is 0.455 e. The van der Waals surface area contributed by atoms with Crippen LogP contribution in [0.4, 0.5) is 0 Å². The molecule has 3 heteroatoms. The number of aryl methyl sites for hydroxylation is 1. The molecule has 2 nitrogen and oxygen atoms in total. The molecule has 0 radical (unpaired) electrons. The maximum Gasteiger partial charge on any atom is 0.144 e. The van der Waals surface area contributed by atoms with Crippen molar-refractivity contribution in [3.8, 4) is 33.6 Å². The lowest BCUT2D eigenvalue weighted by atomic mass is 9.98. The molecule has 184 valence electrons. The van der Waals surface area contributed by atoms with Crippen LogP contribution in [0, 0.1) is 0 Å². The number of hydrogen-bond donors (Lipinski definition) is 0. The molecule has 0 N–H and O–H groups in total. The van der Waals surface area contributed by atoms with Crippen LogP contribution in [0.15, 0.2) is 132 Å². The molecule has 5 aromatic carbocycles. The Balaban J connectivity index is 1.44. The number of benzene rings is 5. The van der Waals surface area contributed by atoms with Gasteiger partial charge in [-0.25, -0.2) is 4.98 Å². The van der Waals surface area contributed by atoms with Gasteiger partial charge in [0.1, 0.15) is 11.2 Å². The summed E-state index contributed by atoms with van der Waals surface area (Å²) in [6.45, 7) is 2.38. The molecule has 8 rings (SSSR count). The van der Waals surface area contributed by atoms with E-state index in [0.717, 1.165) is 44.5 Å². The molecule has 0 amide bonds. The van der Waals surface area contributed by atoms with E-state index in [1.807, 2.05) is 12.1 Å². The second-order valence-electron chi connectivity index (χ2n) is 10.1. The van der Waals surface area contributed by atoms with E-state index in [2.05, 4.69) is 122 Å². The van der Waals surface area contributed by atoms with Crippen molar-refractivity contribution in [1.82, 2.24) is 4.98 Å². The minimum atomic E-state index is -0.470. The molecule has 0 fully saturated rings. The van der Waals surface area contributed by atoms with Gasteiger partial charge in [0.15, 0.2) is 0 Å². The number of furan rings is 1. The van der Waals surface area contributed by atoms with E-state index < -0.39 is 7.53 Å². The summed E-state index contributed by atoms with van der Waals surface area (Å²) in [5.74, 6) is 0. The summed E-state index contributed by atoms with van der Waals surface area (Å²) in [5.41, 5.74) is 8.25. The highest BCUT2D eigenvalue weighted by Crippen LogP contribution is 2.50. The molecule has 0 spiro atoms. The highest BCUT2D eigenvalue weighted by atomic mass is 31.1. The van der Waals surface area contributed by atoms with Crippen LogP contribution in [0.5, 0.6) is 0 Å². The lowest BCUT2D eigenvalue weighted by Crippen LogP contribution is -1.92. The predicted octanol–water partition coefficient (Wildman–Crippen LogP) is 10.8. The van der Waals surface area contributed by atoms with E-state index in [9.17, 15) is 0 Å². The lowest BCUT2D eigenvalue weighted by molar-refractivity contribution is 0.670. The molecule has 0 aliphatic carbocycles. The number of nitrogens with zero attached hydrogens (tertiary/aromatic N) is 1. The highest BCUT2D eigenvalue weighted by Gasteiger charge is 2.18. The first-order chi connectivity index (χ1) is 19.3. The van der Waals surface area contributed by atoms with Crippen LogP contribution in [0.2, 0.25) is 0 Å². The number of hydrogen-bond acceptors (Lipinski definition) is 2. The molecule has 0 aliphatic heterocycles. The summed E-state index contributed by atoms with van der Waals surface area (Å²) in [5, 5.41) is 7.80. The van der Waals surface area contributed by atoms with Crippen molar-refractivity contribution in [2.45, 2.75) is 0 Å². The van der Waals surface area contributed by atoms with E-state index in [0.29, 0.717) is 0 Å². The smallest absolute Gasteiger partial charge is 0.144 e. The van der Waals surface area contributed by atoms with Gasteiger partial charge in [-0.3, -0.25) is 0 Å². The van der Waals surface area contributed by atoms with Gasteiger partial charge >= 0.3 is 0 Å². The Kier molecular flexibility index (Phi) is 4.98. The fourth-order valence-electron chi connectivity index (χ4n) is 6.00. The lowest BCUT2D eigenvalue weighted by Gasteiger charge is -2.12. The van der Waals surface area contributed by atoms with Gasteiger partial charge in [0.05, 0.1) is 11.4 Å². The van der Waals surface area contributed by atoms with Gasteiger partial charge in [0, 0.05) is 32.1 Å². The number of aromatic nitrogens is 1.